The number of hydrogen-bond donors (Lipinski definition) is 1. The fourth-order valence-electron chi connectivity index (χ4n) is 3.08. The highest BCUT2D eigenvalue weighted by atomic mass is 35.5. The van der Waals surface area contributed by atoms with Crippen molar-refractivity contribution in [1.29, 1.82) is 10.5 Å². The van der Waals surface area contributed by atoms with Gasteiger partial charge in [0, 0.05) is 22.2 Å². The molecule has 0 fully saturated rings. The van der Waals surface area contributed by atoms with Gasteiger partial charge in [-0.1, -0.05) is 41.6 Å². The summed E-state index contributed by atoms with van der Waals surface area (Å²) in [7, 11) is 2.98. The molecule has 9 heteroatoms. The molecule has 1 heterocycles. The Bertz CT molecular complexity index is 1280. The molecule has 0 atom stereocenters. The van der Waals surface area contributed by atoms with Crippen LogP contribution in [0.25, 0.3) is 11.1 Å². The van der Waals surface area contributed by atoms with Gasteiger partial charge in [0.1, 0.15) is 40.0 Å². The number of pyridine rings is 1. The van der Waals surface area contributed by atoms with Gasteiger partial charge in [-0.3, -0.25) is 4.79 Å². The largest absolute Gasteiger partial charge is 0.497 e. The van der Waals surface area contributed by atoms with E-state index < -0.39 is 0 Å². The van der Waals surface area contributed by atoms with Gasteiger partial charge in [-0.15, -0.1) is 0 Å². The number of carbonyl (C=O) groups is 1. The first-order chi connectivity index (χ1) is 15.4. The molecule has 7 nitrogen and oxygen atoms in total. The first-order valence-corrected chi connectivity index (χ1v) is 10.6. The van der Waals surface area contributed by atoms with Crippen LogP contribution < -0.4 is 15.2 Å². The van der Waals surface area contributed by atoms with E-state index in [0.717, 1.165) is 11.8 Å². The Morgan fingerprint density at radius 1 is 1.12 bits per heavy atom. The lowest BCUT2D eigenvalue weighted by molar-refractivity contribution is 0.101. The second-order valence-electron chi connectivity index (χ2n) is 6.41. The van der Waals surface area contributed by atoms with Crippen molar-refractivity contribution < 1.29 is 14.3 Å². The van der Waals surface area contributed by atoms with Crippen LogP contribution in [-0.4, -0.2) is 30.7 Å². The number of aromatic nitrogens is 1. The minimum atomic E-state index is -0.234. The Balaban J connectivity index is 2.02. The summed E-state index contributed by atoms with van der Waals surface area (Å²) in [6, 6.07) is 15.8. The van der Waals surface area contributed by atoms with E-state index >= 15 is 0 Å². The van der Waals surface area contributed by atoms with Gasteiger partial charge in [0.15, 0.2) is 5.78 Å². The lowest BCUT2D eigenvalue weighted by atomic mass is 9.97. The number of ketones is 1. The molecule has 0 saturated carbocycles. The molecule has 0 unspecified atom stereocenters. The van der Waals surface area contributed by atoms with Crippen molar-refractivity contribution in [3.63, 3.8) is 0 Å². The zero-order valence-electron chi connectivity index (χ0n) is 17.2. The van der Waals surface area contributed by atoms with Gasteiger partial charge in [0.2, 0.25) is 0 Å². The summed E-state index contributed by atoms with van der Waals surface area (Å²) in [5, 5.41) is 20.1. The number of nitrogen functional groups attached to an aromatic ring is 1. The Morgan fingerprint density at radius 2 is 1.84 bits per heavy atom. The number of halogens is 1. The summed E-state index contributed by atoms with van der Waals surface area (Å²) in [6.45, 7) is 0. The van der Waals surface area contributed by atoms with Crippen LogP contribution in [0.15, 0.2) is 47.5 Å². The molecule has 0 amide bonds. The summed E-state index contributed by atoms with van der Waals surface area (Å²) in [4.78, 5) is 17.1. The highest BCUT2D eigenvalue weighted by Gasteiger charge is 2.23. The van der Waals surface area contributed by atoms with Crippen LogP contribution in [0.1, 0.15) is 21.5 Å². The molecular formula is C23H17ClN4O3S. The van der Waals surface area contributed by atoms with E-state index in [2.05, 4.69) is 11.1 Å². The molecule has 0 aliphatic rings. The number of nitrogens with zero attached hydrogens (tertiary/aromatic N) is 3. The zero-order valence-corrected chi connectivity index (χ0v) is 18.8. The fraction of sp³-hybridized carbons (Fsp3) is 0.130. The first-order valence-electron chi connectivity index (χ1n) is 9.21. The van der Waals surface area contributed by atoms with Crippen LogP contribution in [0, 0.1) is 22.7 Å². The van der Waals surface area contributed by atoms with E-state index in [-0.39, 0.29) is 33.5 Å². The Kier molecular flexibility index (Phi) is 7.21. The van der Waals surface area contributed by atoms with Gasteiger partial charge in [-0.05, 0) is 18.2 Å². The zero-order chi connectivity index (χ0) is 23.3. The third-order valence-corrected chi connectivity index (χ3v) is 5.91. The summed E-state index contributed by atoms with van der Waals surface area (Å²) in [5.74, 6) is 0.626. The molecule has 0 saturated heterocycles. The lowest BCUT2D eigenvalue weighted by Gasteiger charge is -2.14. The number of Topliss-reactive ketones (excluding diaryl/α,β-unsaturated/α-hetero) is 1. The molecule has 3 aromatic rings. The number of nitrogens with two attached hydrogens (primary N) is 1. The normalized spacial score (nSPS) is 10.2. The number of ether oxygens (including phenoxy) is 2. The van der Waals surface area contributed by atoms with Gasteiger partial charge in [-0.25, -0.2) is 4.98 Å². The number of anilines is 1. The Morgan fingerprint density at radius 3 is 2.47 bits per heavy atom. The van der Waals surface area contributed by atoms with Gasteiger partial charge >= 0.3 is 0 Å². The van der Waals surface area contributed by atoms with Crippen molar-refractivity contribution in [2.75, 3.05) is 25.7 Å². The standard InChI is InChI=1S/C23H17ClN4O3S/c1-30-13-7-8-15(20(9-13)31-2)19(29)12-32-23-17(11-26)21(16(10-25)22(27)28-23)14-5-3-4-6-18(14)24/h3-9H,12H2,1-2H3,(H2,27,28). The molecule has 160 valence electrons. The number of carbonyl (C=O) groups excluding carboxylic acids is 1. The predicted octanol–water partition coefficient (Wildman–Crippen LogP) is 4.72. The van der Waals surface area contributed by atoms with Gasteiger partial charge in [0.05, 0.1) is 31.1 Å². The van der Waals surface area contributed by atoms with E-state index in [1.165, 1.54) is 14.2 Å². The summed E-state index contributed by atoms with van der Waals surface area (Å²) in [6.07, 6.45) is 0. The van der Waals surface area contributed by atoms with E-state index in [0.29, 0.717) is 33.2 Å². The number of thioether (sulfide) groups is 1. The van der Waals surface area contributed by atoms with Crippen LogP contribution in [0.5, 0.6) is 11.5 Å². The maximum atomic E-state index is 12.9. The van der Waals surface area contributed by atoms with Crippen molar-refractivity contribution in [2.24, 2.45) is 0 Å². The van der Waals surface area contributed by atoms with Crippen molar-refractivity contribution in [1.82, 2.24) is 4.98 Å². The molecule has 32 heavy (non-hydrogen) atoms. The van der Waals surface area contributed by atoms with Crippen LogP contribution in [0.3, 0.4) is 0 Å². The molecule has 3 rings (SSSR count). The maximum Gasteiger partial charge on any atom is 0.176 e. The number of nitriles is 2. The number of methoxy groups -OCH3 is 2. The third-order valence-electron chi connectivity index (χ3n) is 4.61. The van der Waals surface area contributed by atoms with Crippen molar-refractivity contribution >= 4 is 35.0 Å². The average molecular weight is 465 g/mol. The summed E-state index contributed by atoms with van der Waals surface area (Å²) in [5.41, 5.74) is 7.36. The summed E-state index contributed by atoms with van der Waals surface area (Å²) < 4.78 is 10.5. The van der Waals surface area contributed by atoms with E-state index in [1.807, 2.05) is 6.07 Å². The minimum absolute atomic E-state index is 0.0301. The van der Waals surface area contributed by atoms with Gasteiger partial charge in [-0.2, -0.15) is 10.5 Å². The Hall–Kier alpha value is -3.72. The predicted molar refractivity (Wildman–Crippen MR) is 123 cm³/mol. The van der Waals surface area contributed by atoms with Gasteiger partial charge < -0.3 is 15.2 Å². The molecule has 0 bridgehead atoms. The summed E-state index contributed by atoms with van der Waals surface area (Å²) >= 11 is 7.37. The van der Waals surface area contributed by atoms with Crippen LogP contribution in [-0.2, 0) is 0 Å². The van der Waals surface area contributed by atoms with Crippen molar-refractivity contribution in [2.45, 2.75) is 5.03 Å². The monoisotopic (exact) mass is 464 g/mol. The molecule has 2 aromatic carbocycles. The number of hydrogen-bond acceptors (Lipinski definition) is 8. The molecule has 2 N–H and O–H groups in total. The smallest absolute Gasteiger partial charge is 0.176 e. The second kappa shape index (κ2) is 10.1. The Labute approximate surface area is 194 Å². The first kappa shape index (κ1) is 23.0. The van der Waals surface area contributed by atoms with E-state index in [9.17, 15) is 15.3 Å². The quantitative estimate of drug-likeness (QED) is 0.393. The van der Waals surface area contributed by atoms with Crippen molar-refractivity contribution in [3.8, 4) is 34.8 Å². The average Bonchev–Trinajstić information content (AvgIpc) is 2.81. The maximum absolute atomic E-state index is 12.9. The topological polar surface area (TPSA) is 122 Å². The number of rotatable bonds is 7. The van der Waals surface area contributed by atoms with Crippen LogP contribution in [0.2, 0.25) is 5.02 Å². The fourth-order valence-corrected chi connectivity index (χ4v) is 4.18. The lowest BCUT2D eigenvalue weighted by Crippen LogP contribution is -2.08. The van der Waals surface area contributed by atoms with Crippen LogP contribution >= 0.6 is 23.4 Å². The molecule has 0 radical (unpaired) electrons. The third kappa shape index (κ3) is 4.47. The van der Waals surface area contributed by atoms with E-state index in [4.69, 9.17) is 26.8 Å². The number of benzene rings is 2. The molecule has 0 aliphatic heterocycles. The molecule has 0 aliphatic carbocycles. The minimum Gasteiger partial charge on any atom is -0.497 e. The van der Waals surface area contributed by atoms with Gasteiger partial charge in [0.25, 0.3) is 0 Å². The SMILES string of the molecule is COc1ccc(C(=O)CSc2nc(N)c(C#N)c(-c3ccccc3Cl)c2C#N)c(OC)c1. The molecule has 1 aromatic heterocycles. The highest BCUT2D eigenvalue weighted by molar-refractivity contribution is 8.00. The second-order valence-corrected chi connectivity index (χ2v) is 7.78. The molecule has 0 spiro atoms. The highest BCUT2D eigenvalue weighted by Crippen LogP contribution is 2.39. The van der Waals surface area contributed by atoms with Crippen LogP contribution in [0.4, 0.5) is 5.82 Å². The molecular weight excluding hydrogens is 448 g/mol. The van der Waals surface area contributed by atoms with E-state index in [1.54, 1.807) is 42.5 Å². The van der Waals surface area contributed by atoms with Crippen molar-refractivity contribution in [3.05, 3.63) is 64.2 Å².